The average Bonchev–Trinajstić information content (AvgIpc) is 2.55. The number of hydrogen-bond acceptors (Lipinski definition) is 2. The molecule has 0 spiro atoms. The summed E-state index contributed by atoms with van der Waals surface area (Å²) in [6.45, 7) is 3.71. The highest BCUT2D eigenvalue weighted by Crippen LogP contribution is 2.26. The molecule has 0 saturated heterocycles. The molecule has 0 saturated carbocycles. The first-order valence-electron chi connectivity index (χ1n) is 8.09. The van der Waals surface area contributed by atoms with Gasteiger partial charge in [-0.25, -0.2) is 0 Å². The molecule has 0 aliphatic heterocycles. The van der Waals surface area contributed by atoms with Crippen molar-refractivity contribution >= 4 is 28.9 Å². The van der Waals surface area contributed by atoms with Crippen LogP contribution in [-0.2, 0) is 6.54 Å². The molecule has 2 aromatic rings. The fourth-order valence-corrected chi connectivity index (χ4v) is 2.73. The lowest BCUT2D eigenvalue weighted by Crippen LogP contribution is -2.01. The van der Waals surface area contributed by atoms with E-state index >= 15 is 0 Å². The van der Waals surface area contributed by atoms with Crippen molar-refractivity contribution in [3.05, 3.63) is 58.1 Å². The number of nitrogens with one attached hydrogen (secondary N) is 1. The lowest BCUT2D eigenvalue weighted by Gasteiger charge is -2.10. The van der Waals surface area contributed by atoms with Gasteiger partial charge in [-0.2, -0.15) is 0 Å². The van der Waals surface area contributed by atoms with Crippen LogP contribution in [0.3, 0.4) is 0 Å². The molecule has 0 unspecified atom stereocenters. The van der Waals surface area contributed by atoms with Crippen LogP contribution in [0.15, 0.2) is 42.5 Å². The SMILES string of the molecule is CCCCCCOc1ccc(CNc2ccc(Cl)cc2Cl)cc1. The van der Waals surface area contributed by atoms with Gasteiger partial charge in [0.05, 0.1) is 17.3 Å². The second-order valence-electron chi connectivity index (χ2n) is 5.53. The number of halogens is 2. The van der Waals surface area contributed by atoms with Crippen LogP contribution in [-0.4, -0.2) is 6.61 Å². The summed E-state index contributed by atoms with van der Waals surface area (Å²) in [6.07, 6.45) is 4.88. The summed E-state index contributed by atoms with van der Waals surface area (Å²) in [5.74, 6) is 0.926. The quantitative estimate of drug-likeness (QED) is 0.516. The molecule has 0 aliphatic carbocycles. The van der Waals surface area contributed by atoms with E-state index in [1.54, 1.807) is 6.07 Å². The zero-order valence-corrected chi connectivity index (χ0v) is 15.0. The van der Waals surface area contributed by atoms with E-state index in [1.807, 2.05) is 24.3 Å². The minimum absolute atomic E-state index is 0.629. The van der Waals surface area contributed by atoms with Crippen LogP contribution in [0, 0.1) is 0 Å². The maximum absolute atomic E-state index is 6.15. The third kappa shape index (κ3) is 6.32. The van der Waals surface area contributed by atoms with Gasteiger partial charge in [0.1, 0.15) is 5.75 Å². The maximum atomic E-state index is 6.15. The monoisotopic (exact) mass is 351 g/mol. The summed E-state index contributed by atoms with van der Waals surface area (Å²) >= 11 is 12.0. The largest absolute Gasteiger partial charge is 0.494 e. The molecule has 1 N–H and O–H groups in total. The standard InChI is InChI=1S/C19H23Cl2NO/c1-2-3-4-5-12-23-17-9-6-15(7-10-17)14-22-19-11-8-16(20)13-18(19)21/h6-11,13,22H,2-5,12,14H2,1H3. The number of ether oxygens (including phenoxy) is 1. The summed E-state index contributed by atoms with van der Waals surface area (Å²) < 4.78 is 5.75. The summed E-state index contributed by atoms with van der Waals surface area (Å²) in [4.78, 5) is 0. The molecule has 23 heavy (non-hydrogen) atoms. The second kappa shape index (κ2) is 9.69. The first-order valence-corrected chi connectivity index (χ1v) is 8.85. The Morgan fingerprint density at radius 1 is 0.957 bits per heavy atom. The van der Waals surface area contributed by atoms with Gasteiger partial charge in [-0.15, -0.1) is 0 Å². The fourth-order valence-electron chi connectivity index (χ4n) is 2.25. The van der Waals surface area contributed by atoms with Gasteiger partial charge >= 0.3 is 0 Å². The Balaban J connectivity index is 1.78. The molecule has 2 rings (SSSR count). The second-order valence-corrected chi connectivity index (χ2v) is 6.37. The fraction of sp³-hybridized carbons (Fsp3) is 0.368. The number of hydrogen-bond donors (Lipinski definition) is 1. The van der Waals surface area contributed by atoms with E-state index in [1.165, 1.54) is 24.8 Å². The predicted octanol–water partition coefficient (Wildman–Crippen LogP) is 6.56. The van der Waals surface area contributed by atoms with Gasteiger partial charge in [-0.05, 0) is 42.3 Å². The predicted molar refractivity (Wildman–Crippen MR) is 99.9 cm³/mol. The molecule has 0 radical (unpaired) electrons. The molecular weight excluding hydrogens is 329 g/mol. The third-order valence-corrected chi connectivity index (χ3v) is 4.15. The minimum atomic E-state index is 0.629. The Bertz CT molecular complexity index is 599. The number of benzene rings is 2. The van der Waals surface area contributed by atoms with Crippen molar-refractivity contribution in [2.45, 2.75) is 39.2 Å². The smallest absolute Gasteiger partial charge is 0.119 e. The molecule has 0 amide bonds. The average molecular weight is 352 g/mol. The third-order valence-electron chi connectivity index (χ3n) is 3.60. The van der Waals surface area contributed by atoms with Gasteiger partial charge in [0.15, 0.2) is 0 Å². The van der Waals surface area contributed by atoms with Crippen LogP contribution < -0.4 is 10.1 Å². The molecule has 124 valence electrons. The molecule has 0 aliphatic rings. The van der Waals surface area contributed by atoms with Crippen LogP contribution in [0.1, 0.15) is 38.2 Å². The van der Waals surface area contributed by atoms with Gasteiger partial charge in [0.25, 0.3) is 0 Å². The van der Waals surface area contributed by atoms with Gasteiger partial charge in [0, 0.05) is 11.6 Å². The highest BCUT2D eigenvalue weighted by atomic mass is 35.5. The zero-order chi connectivity index (χ0) is 16.5. The van der Waals surface area contributed by atoms with E-state index in [9.17, 15) is 0 Å². The van der Waals surface area contributed by atoms with Gasteiger partial charge < -0.3 is 10.1 Å². The molecule has 0 bridgehead atoms. The summed E-state index contributed by atoms with van der Waals surface area (Å²) in [5, 5.41) is 4.58. The van der Waals surface area contributed by atoms with Crippen LogP contribution >= 0.6 is 23.2 Å². The Morgan fingerprint density at radius 3 is 2.43 bits per heavy atom. The Hall–Kier alpha value is -1.38. The van der Waals surface area contributed by atoms with Crippen LogP contribution in [0.5, 0.6) is 5.75 Å². The number of anilines is 1. The summed E-state index contributed by atoms with van der Waals surface area (Å²) in [7, 11) is 0. The lowest BCUT2D eigenvalue weighted by molar-refractivity contribution is 0.305. The lowest BCUT2D eigenvalue weighted by atomic mass is 10.2. The number of unbranched alkanes of at least 4 members (excludes halogenated alkanes) is 3. The van der Waals surface area contributed by atoms with Crippen LogP contribution in [0.25, 0.3) is 0 Å². The Morgan fingerprint density at radius 2 is 1.74 bits per heavy atom. The highest BCUT2D eigenvalue weighted by Gasteiger charge is 2.01. The van der Waals surface area contributed by atoms with Gasteiger partial charge in [0.2, 0.25) is 0 Å². The zero-order valence-electron chi connectivity index (χ0n) is 13.4. The van der Waals surface area contributed by atoms with Crippen LogP contribution in [0.2, 0.25) is 10.0 Å². The van der Waals surface area contributed by atoms with E-state index < -0.39 is 0 Å². The molecular formula is C19H23Cl2NO. The van der Waals surface area contributed by atoms with E-state index in [0.29, 0.717) is 16.6 Å². The van der Waals surface area contributed by atoms with Gasteiger partial charge in [-0.1, -0.05) is 61.5 Å². The van der Waals surface area contributed by atoms with Crippen molar-refractivity contribution in [3.63, 3.8) is 0 Å². The Labute approximate surface area is 148 Å². The maximum Gasteiger partial charge on any atom is 0.119 e. The van der Waals surface area contributed by atoms with Crippen LogP contribution in [0.4, 0.5) is 5.69 Å². The van der Waals surface area contributed by atoms with E-state index in [2.05, 4.69) is 24.4 Å². The van der Waals surface area contributed by atoms with Crippen molar-refractivity contribution < 1.29 is 4.74 Å². The molecule has 4 heteroatoms. The van der Waals surface area contributed by atoms with E-state index in [0.717, 1.165) is 24.5 Å². The Kier molecular flexibility index (Phi) is 7.57. The number of rotatable bonds is 9. The molecule has 0 atom stereocenters. The van der Waals surface area contributed by atoms with Gasteiger partial charge in [-0.3, -0.25) is 0 Å². The van der Waals surface area contributed by atoms with Crippen molar-refractivity contribution in [1.82, 2.24) is 0 Å². The molecule has 2 nitrogen and oxygen atoms in total. The first kappa shape index (κ1) is 18.0. The molecule has 2 aromatic carbocycles. The molecule has 0 heterocycles. The normalized spacial score (nSPS) is 10.6. The van der Waals surface area contributed by atoms with Crippen molar-refractivity contribution in [2.24, 2.45) is 0 Å². The summed E-state index contributed by atoms with van der Waals surface area (Å²) in [5.41, 5.74) is 2.06. The topological polar surface area (TPSA) is 21.3 Å². The van der Waals surface area contributed by atoms with E-state index in [4.69, 9.17) is 27.9 Å². The van der Waals surface area contributed by atoms with Crippen molar-refractivity contribution in [2.75, 3.05) is 11.9 Å². The van der Waals surface area contributed by atoms with Crippen molar-refractivity contribution in [3.8, 4) is 5.75 Å². The summed E-state index contributed by atoms with van der Waals surface area (Å²) in [6, 6.07) is 13.6. The molecule has 0 aromatic heterocycles. The van der Waals surface area contributed by atoms with Crippen molar-refractivity contribution in [1.29, 1.82) is 0 Å². The highest BCUT2D eigenvalue weighted by molar-refractivity contribution is 6.36. The minimum Gasteiger partial charge on any atom is -0.494 e. The van der Waals surface area contributed by atoms with E-state index in [-0.39, 0.29) is 0 Å². The molecule has 0 fully saturated rings. The first-order chi connectivity index (χ1) is 11.2.